The van der Waals surface area contributed by atoms with Crippen LogP contribution in [0.25, 0.3) is 0 Å². The van der Waals surface area contributed by atoms with Gasteiger partial charge in [-0.2, -0.15) is 0 Å². The molecule has 0 aliphatic carbocycles. The number of halogens is 2. The molecule has 164 valence electrons. The molecule has 0 aromatic heterocycles. The molecule has 1 N–H and O–H groups in total. The summed E-state index contributed by atoms with van der Waals surface area (Å²) in [5.41, 5.74) is 0.716. The molecule has 1 aromatic carbocycles. The van der Waals surface area contributed by atoms with Gasteiger partial charge >= 0.3 is 0 Å². The molecule has 0 spiro atoms. The Morgan fingerprint density at radius 2 is 2.00 bits per heavy atom. The van der Waals surface area contributed by atoms with Crippen LogP contribution < -0.4 is 5.32 Å². The third-order valence-electron chi connectivity index (χ3n) is 6.03. The number of rotatable bonds is 3. The highest BCUT2D eigenvalue weighted by Gasteiger charge is 2.41. The molecular formula is C20H31FIN3O3S. The zero-order valence-electron chi connectivity index (χ0n) is 17.3. The first-order valence-electron chi connectivity index (χ1n) is 9.71. The summed E-state index contributed by atoms with van der Waals surface area (Å²) in [6, 6.07) is 6.77. The number of nitrogens with one attached hydrogen (secondary N) is 1. The van der Waals surface area contributed by atoms with Crippen LogP contribution in [-0.4, -0.2) is 69.7 Å². The second-order valence-electron chi connectivity index (χ2n) is 8.30. The van der Waals surface area contributed by atoms with E-state index in [4.69, 9.17) is 4.74 Å². The number of ether oxygens (including phenoxy) is 1. The molecule has 2 fully saturated rings. The van der Waals surface area contributed by atoms with Crippen molar-refractivity contribution in [3.63, 3.8) is 0 Å². The van der Waals surface area contributed by atoms with Gasteiger partial charge in [0.15, 0.2) is 15.8 Å². The number of hydrogen-bond donors (Lipinski definition) is 1. The average Bonchev–Trinajstić information content (AvgIpc) is 2.66. The van der Waals surface area contributed by atoms with E-state index < -0.39 is 14.6 Å². The summed E-state index contributed by atoms with van der Waals surface area (Å²) >= 11 is 0. The number of sulfone groups is 1. The number of guanidine groups is 1. The minimum absolute atomic E-state index is 0. The van der Waals surface area contributed by atoms with Crippen LogP contribution in [0, 0.1) is 5.82 Å². The van der Waals surface area contributed by atoms with Crippen molar-refractivity contribution in [2.75, 3.05) is 45.6 Å². The predicted molar refractivity (Wildman–Crippen MR) is 124 cm³/mol. The molecule has 3 rings (SSSR count). The second kappa shape index (κ2) is 9.47. The molecular weight excluding hydrogens is 508 g/mol. The van der Waals surface area contributed by atoms with E-state index >= 15 is 0 Å². The van der Waals surface area contributed by atoms with Crippen molar-refractivity contribution in [2.24, 2.45) is 4.99 Å². The normalized spacial score (nSPS) is 23.2. The lowest BCUT2D eigenvalue weighted by Gasteiger charge is -2.42. The van der Waals surface area contributed by atoms with E-state index in [1.165, 1.54) is 6.07 Å². The third-order valence-corrected chi connectivity index (χ3v) is 8.56. The Hall–Kier alpha value is -0.940. The van der Waals surface area contributed by atoms with E-state index in [1.807, 2.05) is 11.0 Å². The van der Waals surface area contributed by atoms with Crippen molar-refractivity contribution >= 4 is 39.8 Å². The Kier molecular flexibility index (Phi) is 7.94. The van der Waals surface area contributed by atoms with Gasteiger partial charge in [-0.15, -0.1) is 24.0 Å². The Labute approximate surface area is 190 Å². The second-order valence-corrected chi connectivity index (χ2v) is 11.0. The van der Waals surface area contributed by atoms with Crippen LogP contribution >= 0.6 is 24.0 Å². The first-order chi connectivity index (χ1) is 13.2. The maximum atomic E-state index is 13.9. The largest absolute Gasteiger partial charge is 0.381 e. The zero-order valence-corrected chi connectivity index (χ0v) is 20.4. The maximum absolute atomic E-state index is 13.9. The molecule has 2 heterocycles. The van der Waals surface area contributed by atoms with Crippen LogP contribution in [0.1, 0.15) is 32.3 Å². The Morgan fingerprint density at radius 1 is 1.31 bits per heavy atom. The summed E-state index contributed by atoms with van der Waals surface area (Å²) in [6.07, 6.45) is 1.58. The summed E-state index contributed by atoms with van der Waals surface area (Å²) in [5, 5.41) is 3.44. The molecule has 2 aliphatic heterocycles. The van der Waals surface area contributed by atoms with E-state index in [-0.39, 0.29) is 41.0 Å². The summed E-state index contributed by atoms with van der Waals surface area (Å²) in [4.78, 5) is 6.38. The SMILES string of the molecule is CN=C(NCC1(c2cccc(F)c2)CCOCC1)N1CCS(=O)(=O)C(C)(C)C1.I. The molecule has 1 aromatic rings. The Bertz CT molecular complexity index is 839. The van der Waals surface area contributed by atoms with Gasteiger partial charge in [-0.05, 0) is 44.4 Å². The van der Waals surface area contributed by atoms with Crippen LogP contribution in [-0.2, 0) is 20.0 Å². The average molecular weight is 539 g/mol. The molecule has 0 bridgehead atoms. The highest BCUT2D eigenvalue weighted by atomic mass is 127. The molecule has 0 saturated carbocycles. The van der Waals surface area contributed by atoms with Crippen molar-refractivity contribution in [3.05, 3.63) is 35.6 Å². The van der Waals surface area contributed by atoms with Crippen LogP contribution in [0.15, 0.2) is 29.3 Å². The maximum Gasteiger partial charge on any atom is 0.193 e. The monoisotopic (exact) mass is 539 g/mol. The van der Waals surface area contributed by atoms with Gasteiger partial charge < -0.3 is 15.0 Å². The van der Waals surface area contributed by atoms with Gasteiger partial charge in [0, 0.05) is 45.3 Å². The smallest absolute Gasteiger partial charge is 0.193 e. The van der Waals surface area contributed by atoms with Gasteiger partial charge in [0.1, 0.15) is 5.82 Å². The molecule has 6 nitrogen and oxygen atoms in total. The number of hydrogen-bond acceptors (Lipinski definition) is 4. The van der Waals surface area contributed by atoms with E-state index in [2.05, 4.69) is 10.3 Å². The summed E-state index contributed by atoms with van der Waals surface area (Å²) in [5.74, 6) is 0.560. The minimum Gasteiger partial charge on any atom is -0.381 e. The van der Waals surface area contributed by atoms with Crippen molar-refractivity contribution in [2.45, 2.75) is 36.9 Å². The van der Waals surface area contributed by atoms with Gasteiger partial charge in [-0.1, -0.05) is 12.1 Å². The van der Waals surface area contributed by atoms with Crippen molar-refractivity contribution < 1.29 is 17.5 Å². The van der Waals surface area contributed by atoms with Crippen molar-refractivity contribution in [1.29, 1.82) is 0 Å². The molecule has 2 aliphatic rings. The summed E-state index contributed by atoms with van der Waals surface area (Å²) < 4.78 is 43.2. The van der Waals surface area contributed by atoms with Gasteiger partial charge in [0.25, 0.3) is 0 Å². The predicted octanol–water partition coefficient (Wildman–Crippen LogP) is 2.58. The Balaban J connectivity index is 0.00000300. The lowest BCUT2D eigenvalue weighted by atomic mass is 9.74. The molecule has 0 atom stereocenters. The van der Waals surface area contributed by atoms with Gasteiger partial charge in [0.2, 0.25) is 0 Å². The lowest BCUT2D eigenvalue weighted by molar-refractivity contribution is 0.0510. The van der Waals surface area contributed by atoms with Crippen molar-refractivity contribution in [1.82, 2.24) is 10.2 Å². The van der Waals surface area contributed by atoms with Crippen molar-refractivity contribution in [3.8, 4) is 0 Å². The Morgan fingerprint density at radius 3 is 2.59 bits per heavy atom. The fourth-order valence-electron chi connectivity index (χ4n) is 4.05. The third kappa shape index (κ3) is 5.22. The van der Waals surface area contributed by atoms with Gasteiger partial charge in [-0.25, -0.2) is 12.8 Å². The van der Waals surface area contributed by atoms with Crippen LogP contribution in [0.2, 0.25) is 0 Å². The fourth-order valence-corrected chi connectivity index (χ4v) is 5.42. The standard InChI is InChI=1S/C20H30FN3O3S.HI/c1-19(2)15-24(9-12-28(19,25)26)18(22-3)23-14-20(7-10-27-11-8-20)16-5-4-6-17(21)13-16;/h4-6,13H,7-12,14-15H2,1-3H3,(H,22,23);1H. The molecule has 0 amide bonds. The molecule has 0 radical (unpaired) electrons. The molecule has 0 unspecified atom stereocenters. The number of benzene rings is 1. The fraction of sp³-hybridized carbons (Fsp3) is 0.650. The summed E-state index contributed by atoms with van der Waals surface area (Å²) in [7, 11) is -1.41. The number of nitrogens with zero attached hydrogens (tertiary/aromatic N) is 2. The highest BCUT2D eigenvalue weighted by molar-refractivity contribution is 14.0. The van der Waals surface area contributed by atoms with E-state index in [0.29, 0.717) is 38.8 Å². The van der Waals surface area contributed by atoms with Crippen LogP contribution in [0.3, 0.4) is 0 Å². The summed E-state index contributed by atoms with van der Waals surface area (Å²) in [6.45, 7) is 6.18. The lowest BCUT2D eigenvalue weighted by Crippen LogP contribution is -2.58. The quantitative estimate of drug-likeness (QED) is 0.364. The zero-order chi connectivity index (χ0) is 20.4. The van der Waals surface area contributed by atoms with Crippen LogP contribution in [0.5, 0.6) is 0 Å². The minimum atomic E-state index is -3.11. The van der Waals surface area contributed by atoms with Crippen LogP contribution in [0.4, 0.5) is 4.39 Å². The first kappa shape index (κ1) is 24.3. The molecule has 2 saturated heterocycles. The van der Waals surface area contributed by atoms with E-state index in [1.54, 1.807) is 33.0 Å². The van der Waals surface area contributed by atoms with E-state index in [9.17, 15) is 12.8 Å². The molecule has 9 heteroatoms. The van der Waals surface area contributed by atoms with Gasteiger partial charge in [0.05, 0.1) is 10.5 Å². The topological polar surface area (TPSA) is 71.0 Å². The first-order valence-corrected chi connectivity index (χ1v) is 11.4. The van der Waals surface area contributed by atoms with Gasteiger partial charge in [-0.3, -0.25) is 4.99 Å². The van der Waals surface area contributed by atoms with E-state index in [0.717, 1.165) is 18.4 Å². The number of aliphatic imine (C=N–C) groups is 1. The molecule has 29 heavy (non-hydrogen) atoms. The highest BCUT2D eigenvalue weighted by Crippen LogP contribution is 2.35.